The predicted octanol–water partition coefficient (Wildman–Crippen LogP) is 0.226. The molecule has 2 aliphatic heterocycles. The SMILES string of the molecule is O=C(NN1CC(F)(F)C1)c1ccc(N2CCNCC2)c(F)n1. The molecule has 6 nitrogen and oxygen atoms in total. The monoisotopic (exact) mass is 315 g/mol. The number of alkyl halides is 2. The topological polar surface area (TPSA) is 60.5 Å². The molecule has 0 unspecified atom stereocenters. The molecule has 0 radical (unpaired) electrons. The lowest BCUT2D eigenvalue weighted by Crippen LogP contribution is -2.62. The van der Waals surface area contributed by atoms with E-state index in [1.54, 1.807) is 0 Å². The van der Waals surface area contributed by atoms with E-state index in [9.17, 15) is 18.0 Å². The number of anilines is 1. The van der Waals surface area contributed by atoms with Crippen LogP contribution in [0.1, 0.15) is 10.5 Å². The van der Waals surface area contributed by atoms with Crippen molar-refractivity contribution in [3.05, 3.63) is 23.8 Å². The molecule has 0 saturated carbocycles. The van der Waals surface area contributed by atoms with Gasteiger partial charge in [0.15, 0.2) is 0 Å². The number of amides is 1. The molecule has 0 spiro atoms. The summed E-state index contributed by atoms with van der Waals surface area (Å²) in [5.74, 6) is -4.21. The van der Waals surface area contributed by atoms with Crippen molar-refractivity contribution in [2.24, 2.45) is 0 Å². The van der Waals surface area contributed by atoms with Crippen LogP contribution >= 0.6 is 0 Å². The van der Waals surface area contributed by atoms with Crippen LogP contribution in [0.4, 0.5) is 18.9 Å². The number of hydrogen-bond donors (Lipinski definition) is 2. The highest BCUT2D eigenvalue weighted by molar-refractivity contribution is 5.92. The largest absolute Gasteiger partial charge is 0.365 e. The van der Waals surface area contributed by atoms with Crippen molar-refractivity contribution in [3.63, 3.8) is 0 Å². The Morgan fingerprint density at radius 3 is 2.55 bits per heavy atom. The number of hydrogen-bond acceptors (Lipinski definition) is 5. The fourth-order valence-electron chi connectivity index (χ4n) is 2.49. The number of carbonyl (C=O) groups excluding carboxylic acids is 1. The highest BCUT2D eigenvalue weighted by Gasteiger charge is 2.44. The fourth-order valence-corrected chi connectivity index (χ4v) is 2.49. The second-order valence-electron chi connectivity index (χ2n) is 5.40. The average molecular weight is 315 g/mol. The van der Waals surface area contributed by atoms with Crippen molar-refractivity contribution >= 4 is 11.6 Å². The molecule has 3 heterocycles. The third-order valence-electron chi connectivity index (χ3n) is 3.62. The number of hydrazine groups is 1. The number of halogens is 3. The Balaban J connectivity index is 1.65. The molecule has 2 saturated heterocycles. The van der Waals surface area contributed by atoms with Crippen molar-refractivity contribution in [3.8, 4) is 0 Å². The predicted molar refractivity (Wildman–Crippen MR) is 73.3 cm³/mol. The first-order chi connectivity index (χ1) is 10.4. The van der Waals surface area contributed by atoms with Gasteiger partial charge >= 0.3 is 0 Å². The van der Waals surface area contributed by atoms with Gasteiger partial charge in [-0.2, -0.15) is 4.39 Å². The summed E-state index contributed by atoms with van der Waals surface area (Å²) in [6.45, 7) is 1.75. The Morgan fingerprint density at radius 1 is 1.27 bits per heavy atom. The smallest absolute Gasteiger partial charge is 0.284 e. The summed E-state index contributed by atoms with van der Waals surface area (Å²) in [6.07, 6.45) is 0. The maximum Gasteiger partial charge on any atom is 0.284 e. The Bertz CT molecular complexity index is 569. The van der Waals surface area contributed by atoms with Crippen LogP contribution in [0, 0.1) is 5.95 Å². The maximum absolute atomic E-state index is 14.1. The number of carbonyl (C=O) groups is 1. The summed E-state index contributed by atoms with van der Waals surface area (Å²) in [7, 11) is 0. The first-order valence-corrected chi connectivity index (χ1v) is 7.01. The highest BCUT2D eigenvalue weighted by Crippen LogP contribution is 2.25. The molecule has 2 aliphatic rings. The van der Waals surface area contributed by atoms with Gasteiger partial charge in [-0.15, -0.1) is 0 Å². The molecule has 1 aromatic rings. The second-order valence-corrected chi connectivity index (χ2v) is 5.40. The lowest BCUT2D eigenvalue weighted by molar-refractivity contribution is -0.144. The molecule has 2 N–H and O–H groups in total. The average Bonchev–Trinajstić information content (AvgIpc) is 2.46. The van der Waals surface area contributed by atoms with Gasteiger partial charge in [-0.05, 0) is 12.1 Å². The van der Waals surface area contributed by atoms with Crippen LogP contribution in [0.25, 0.3) is 0 Å². The van der Waals surface area contributed by atoms with Crippen LogP contribution in [0.3, 0.4) is 0 Å². The molecule has 0 atom stereocenters. The minimum atomic E-state index is -2.78. The normalized spacial score (nSPS) is 21.3. The van der Waals surface area contributed by atoms with E-state index >= 15 is 0 Å². The number of nitrogens with zero attached hydrogens (tertiary/aromatic N) is 3. The van der Waals surface area contributed by atoms with Crippen LogP contribution in [0.5, 0.6) is 0 Å². The van der Waals surface area contributed by atoms with Crippen LogP contribution in [0.2, 0.25) is 0 Å². The van der Waals surface area contributed by atoms with Crippen LogP contribution in [0.15, 0.2) is 12.1 Å². The van der Waals surface area contributed by atoms with Crippen molar-refractivity contribution in [2.75, 3.05) is 44.2 Å². The summed E-state index contributed by atoms with van der Waals surface area (Å²) in [5.41, 5.74) is 2.48. The van der Waals surface area contributed by atoms with Crippen LogP contribution in [-0.4, -0.2) is 61.1 Å². The number of pyridine rings is 1. The highest BCUT2D eigenvalue weighted by atomic mass is 19.3. The van der Waals surface area contributed by atoms with Crippen molar-refractivity contribution in [1.29, 1.82) is 0 Å². The second kappa shape index (κ2) is 5.73. The van der Waals surface area contributed by atoms with E-state index in [0.29, 0.717) is 18.8 Å². The molecule has 9 heteroatoms. The van der Waals surface area contributed by atoms with E-state index in [-0.39, 0.29) is 5.69 Å². The molecule has 2 fully saturated rings. The zero-order valence-corrected chi connectivity index (χ0v) is 11.8. The Kier molecular flexibility index (Phi) is 3.92. The first-order valence-electron chi connectivity index (χ1n) is 7.01. The van der Waals surface area contributed by atoms with E-state index in [1.807, 2.05) is 4.90 Å². The van der Waals surface area contributed by atoms with Gasteiger partial charge in [0.25, 0.3) is 11.8 Å². The van der Waals surface area contributed by atoms with E-state index in [0.717, 1.165) is 18.1 Å². The molecular formula is C13H16F3N5O. The van der Waals surface area contributed by atoms with Gasteiger partial charge in [0.1, 0.15) is 5.69 Å². The lowest BCUT2D eigenvalue weighted by Gasteiger charge is -2.38. The molecule has 120 valence electrons. The van der Waals surface area contributed by atoms with Crippen LogP contribution in [-0.2, 0) is 0 Å². The van der Waals surface area contributed by atoms with E-state index < -0.39 is 30.9 Å². The van der Waals surface area contributed by atoms with Gasteiger partial charge in [-0.3, -0.25) is 10.2 Å². The standard InChI is InChI=1S/C13H16F3N5O/c14-11-10(20-5-3-17-4-6-20)2-1-9(18-11)12(22)19-21-7-13(15,16)8-21/h1-2,17H,3-8H2,(H,19,22). The molecule has 22 heavy (non-hydrogen) atoms. The summed E-state index contributed by atoms with van der Waals surface area (Å²) in [5, 5.41) is 4.23. The molecule has 0 aliphatic carbocycles. The van der Waals surface area contributed by atoms with Gasteiger partial charge in [0.2, 0.25) is 5.95 Å². The molecule has 0 bridgehead atoms. The molecular weight excluding hydrogens is 299 g/mol. The lowest BCUT2D eigenvalue weighted by atomic mass is 10.2. The van der Waals surface area contributed by atoms with Gasteiger partial charge < -0.3 is 10.2 Å². The number of piperazine rings is 1. The maximum atomic E-state index is 14.1. The van der Waals surface area contributed by atoms with Crippen molar-refractivity contribution in [2.45, 2.75) is 5.92 Å². The quantitative estimate of drug-likeness (QED) is 0.782. The minimum absolute atomic E-state index is 0.133. The Morgan fingerprint density at radius 2 is 1.95 bits per heavy atom. The van der Waals surface area contributed by atoms with Crippen molar-refractivity contribution in [1.82, 2.24) is 20.7 Å². The third kappa shape index (κ3) is 3.14. The minimum Gasteiger partial charge on any atom is -0.365 e. The number of aromatic nitrogens is 1. The number of nitrogens with one attached hydrogen (secondary N) is 2. The van der Waals surface area contributed by atoms with E-state index in [1.165, 1.54) is 12.1 Å². The van der Waals surface area contributed by atoms with Gasteiger partial charge in [0, 0.05) is 26.2 Å². The summed E-state index contributed by atoms with van der Waals surface area (Å²) >= 11 is 0. The fraction of sp³-hybridized carbons (Fsp3) is 0.538. The van der Waals surface area contributed by atoms with Gasteiger partial charge in [-0.1, -0.05) is 0 Å². The summed E-state index contributed by atoms with van der Waals surface area (Å²) < 4.78 is 39.4. The molecule has 1 aromatic heterocycles. The van der Waals surface area contributed by atoms with E-state index in [4.69, 9.17) is 0 Å². The zero-order chi connectivity index (χ0) is 15.7. The number of rotatable bonds is 3. The summed E-state index contributed by atoms with van der Waals surface area (Å²) in [6, 6.07) is 2.89. The Labute approximate surface area is 125 Å². The summed E-state index contributed by atoms with van der Waals surface area (Å²) in [4.78, 5) is 17.3. The van der Waals surface area contributed by atoms with Crippen molar-refractivity contribution < 1.29 is 18.0 Å². The molecule has 1 amide bonds. The molecule has 0 aromatic carbocycles. The zero-order valence-electron chi connectivity index (χ0n) is 11.8. The molecule has 3 rings (SSSR count). The van der Waals surface area contributed by atoms with Crippen LogP contribution < -0.4 is 15.6 Å². The first kappa shape index (κ1) is 15.0. The third-order valence-corrected chi connectivity index (χ3v) is 3.62. The Hall–Kier alpha value is -1.87. The van der Waals surface area contributed by atoms with Gasteiger partial charge in [0.05, 0.1) is 18.8 Å². The van der Waals surface area contributed by atoms with Gasteiger partial charge in [-0.25, -0.2) is 18.8 Å². The van der Waals surface area contributed by atoms with E-state index in [2.05, 4.69) is 15.7 Å².